The molecule has 0 spiro atoms. The fourth-order valence-corrected chi connectivity index (χ4v) is 9.14. The Morgan fingerprint density at radius 2 is 1.68 bits per heavy atom. The van der Waals surface area contributed by atoms with Crippen LogP contribution < -0.4 is 0 Å². The molecule has 0 aromatic heterocycles. The highest BCUT2D eigenvalue weighted by molar-refractivity contribution is 5.13. The Bertz CT molecular complexity index is 500. The largest absolute Gasteiger partial charge is 0.393 e. The first-order chi connectivity index (χ1) is 11.9. The maximum absolute atomic E-state index is 10.8. The summed E-state index contributed by atoms with van der Waals surface area (Å²) in [6, 6.07) is 0. The van der Waals surface area contributed by atoms with Crippen molar-refractivity contribution < 1.29 is 5.11 Å². The van der Waals surface area contributed by atoms with Crippen molar-refractivity contribution in [3.8, 4) is 0 Å². The molecular weight excluding hydrogens is 304 g/mol. The van der Waals surface area contributed by atoms with Gasteiger partial charge >= 0.3 is 0 Å². The van der Waals surface area contributed by atoms with Gasteiger partial charge in [-0.3, -0.25) is 0 Å². The van der Waals surface area contributed by atoms with Crippen LogP contribution in [0.25, 0.3) is 0 Å². The quantitative estimate of drug-likeness (QED) is 0.598. The minimum absolute atomic E-state index is 0.0333. The average Bonchev–Trinajstić information content (AvgIpc) is 2.62. The van der Waals surface area contributed by atoms with Crippen molar-refractivity contribution in [1.82, 2.24) is 0 Å². The summed E-state index contributed by atoms with van der Waals surface area (Å²) < 4.78 is 0. The van der Waals surface area contributed by atoms with Crippen LogP contribution in [0.4, 0.5) is 0 Å². The van der Waals surface area contributed by atoms with Gasteiger partial charge in [0.15, 0.2) is 0 Å². The number of rotatable bonds is 2. The molecule has 4 saturated carbocycles. The normalized spacial score (nSPS) is 55.8. The molecule has 0 saturated heterocycles. The molecule has 0 aliphatic heterocycles. The predicted molar refractivity (Wildman–Crippen MR) is 105 cm³/mol. The van der Waals surface area contributed by atoms with Gasteiger partial charge in [0.25, 0.3) is 0 Å². The minimum atomic E-state index is -0.0333. The first-order valence-corrected chi connectivity index (χ1v) is 11.6. The summed E-state index contributed by atoms with van der Waals surface area (Å²) in [4.78, 5) is 0. The Morgan fingerprint density at radius 1 is 0.880 bits per heavy atom. The summed E-state index contributed by atoms with van der Waals surface area (Å²) in [5, 5.41) is 10.8. The molecule has 1 N–H and O–H groups in total. The van der Waals surface area contributed by atoms with Gasteiger partial charge < -0.3 is 5.11 Å². The molecule has 4 aliphatic carbocycles. The topological polar surface area (TPSA) is 20.2 Å². The molecule has 3 unspecified atom stereocenters. The van der Waals surface area contributed by atoms with Gasteiger partial charge in [-0.1, -0.05) is 40.5 Å². The monoisotopic (exact) mass is 346 g/mol. The summed E-state index contributed by atoms with van der Waals surface area (Å²) in [6.07, 6.45) is 16.6. The zero-order valence-corrected chi connectivity index (χ0v) is 17.3. The zero-order valence-electron chi connectivity index (χ0n) is 17.3. The van der Waals surface area contributed by atoms with Crippen molar-refractivity contribution in [1.29, 1.82) is 0 Å². The van der Waals surface area contributed by atoms with Gasteiger partial charge in [0.1, 0.15) is 0 Å². The van der Waals surface area contributed by atoms with Crippen molar-refractivity contribution in [3.63, 3.8) is 0 Å². The van der Waals surface area contributed by atoms with Crippen LogP contribution in [0.2, 0.25) is 0 Å². The maximum Gasteiger partial charge on any atom is 0.0596 e. The number of aliphatic hydroxyl groups is 1. The van der Waals surface area contributed by atoms with E-state index in [1.165, 1.54) is 70.6 Å². The molecule has 0 aromatic rings. The molecule has 0 amide bonds. The van der Waals surface area contributed by atoms with Crippen LogP contribution >= 0.6 is 0 Å². The fourth-order valence-electron chi connectivity index (χ4n) is 9.14. The van der Waals surface area contributed by atoms with Gasteiger partial charge in [-0.05, 0) is 104 Å². The Morgan fingerprint density at radius 3 is 2.40 bits per heavy atom. The lowest BCUT2D eigenvalue weighted by Gasteiger charge is -2.68. The van der Waals surface area contributed by atoms with Crippen molar-refractivity contribution in [2.75, 3.05) is 0 Å². The standard InChI is InChI=1S/C24H42O/c1-5-23-14-11-18-19-8-7-9-21(25)22(19,4)13-12-20(18)24(23,6-2)15-10-17(3)16-23/h17-21,25H,5-16H2,1-4H3/t17-,18-,19?,20?,21?,22-,23+,24+/m0/s1. The third-order valence-corrected chi connectivity index (χ3v) is 10.5. The molecule has 25 heavy (non-hydrogen) atoms. The molecule has 4 aliphatic rings. The molecule has 4 fully saturated rings. The van der Waals surface area contributed by atoms with Crippen LogP contribution in [-0.2, 0) is 0 Å². The number of hydrogen-bond acceptors (Lipinski definition) is 1. The van der Waals surface area contributed by atoms with Crippen molar-refractivity contribution >= 4 is 0 Å². The van der Waals surface area contributed by atoms with E-state index in [1.54, 1.807) is 0 Å². The first-order valence-electron chi connectivity index (χ1n) is 11.6. The second-order valence-corrected chi connectivity index (χ2v) is 10.9. The van der Waals surface area contributed by atoms with Crippen LogP contribution in [0.1, 0.15) is 105 Å². The summed E-state index contributed by atoms with van der Waals surface area (Å²) in [7, 11) is 0. The number of fused-ring (bicyclic) bond motifs is 5. The van der Waals surface area contributed by atoms with Crippen molar-refractivity contribution in [3.05, 3.63) is 0 Å². The summed E-state index contributed by atoms with van der Waals surface area (Å²) in [5.74, 6) is 3.58. The molecule has 4 rings (SSSR count). The Labute approximate surface area is 156 Å². The first kappa shape index (κ1) is 18.3. The zero-order chi connectivity index (χ0) is 17.9. The Balaban J connectivity index is 1.71. The van der Waals surface area contributed by atoms with E-state index in [2.05, 4.69) is 27.7 Å². The Kier molecular flexibility index (Phi) is 4.58. The summed E-state index contributed by atoms with van der Waals surface area (Å²) >= 11 is 0. The maximum atomic E-state index is 10.8. The van der Waals surface area contributed by atoms with E-state index in [0.29, 0.717) is 10.8 Å². The van der Waals surface area contributed by atoms with Crippen LogP contribution in [0.3, 0.4) is 0 Å². The van der Waals surface area contributed by atoms with Gasteiger partial charge in [-0.15, -0.1) is 0 Å². The lowest BCUT2D eigenvalue weighted by Crippen LogP contribution is -2.61. The van der Waals surface area contributed by atoms with E-state index < -0.39 is 0 Å². The van der Waals surface area contributed by atoms with Crippen molar-refractivity contribution in [2.45, 2.75) is 111 Å². The van der Waals surface area contributed by atoms with Gasteiger partial charge in [-0.25, -0.2) is 0 Å². The van der Waals surface area contributed by atoms with Gasteiger partial charge in [0.2, 0.25) is 0 Å². The molecular formula is C24H42O. The fraction of sp³-hybridized carbons (Fsp3) is 1.00. The van der Waals surface area contributed by atoms with Crippen molar-refractivity contribution in [2.24, 2.45) is 39.9 Å². The highest BCUT2D eigenvalue weighted by Gasteiger charge is 2.63. The molecule has 8 atom stereocenters. The second kappa shape index (κ2) is 6.25. The lowest BCUT2D eigenvalue weighted by atomic mass is 9.37. The lowest BCUT2D eigenvalue weighted by molar-refractivity contribution is -0.202. The van der Waals surface area contributed by atoms with E-state index in [0.717, 1.165) is 30.1 Å². The second-order valence-electron chi connectivity index (χ2n) is 10.9. The third kappa shape index (κ3) is 2.36. The molecule has 0 radical (unpaired) electrons. The van der Waals surface area contributed by atoms with Gasteiger partial charge in [0.05, 0.1) is 6.10 Å². The number of aliphatic hydroxyl groups excluding tert-OH is 1. The SMILES string of the molecule is CC[C@]12CC[C@H]3C4CCCC(O)[C@@]4(C)CCC3[C@@]1(CC)CC[C@H](C)C2. The minimum Gasteiger partial charge on any atom is -0.393 e. The molecule has 1 nitrogen and oxygen atoms in total. The summed E-state index contributed by atoms with van der Waals surface area (Å²) in [6.45, 7) is 9.98. The van der Waals surface area contributed by atoms with Crippen LogP contribution in [0, 0.1) is 39.9 Å². The highest BCUT2D eigenvalue weighted by atomic mass is 16.3. The van der Waals surface area contributed by atoms with E-state index >= 15 is 0 Å². The number of hydrogen-bond donors (Lipinski definition) is 1. The Hall–Kier alpha value is -0.0400. The summed E-state index contributed by atoms with van der Waals surface area (Å²) in [5.41, 5.74) is 1.46. The van der Waals surface area contributed by atoms with E-state index in [1.807, 2.05) is 0 Å². The molecule has 0 bridgehead atoms. The van der Waals surface area contributed by atoms with E-state index in [9.17, 15) is 5.11 Å². The predicted octanol–water partition coefficient (Wildman–Crippen LogP) is 6.59. The van der Waals surface area contributed by atoms with E-state index in [4.69, 9.17) is 0 Å². The van der Waals surface area contributed by atoms with Crippen LogP contribution in [0.15, 0.2) is 0 Å². The molecule has 0 heterocycles. The third-order valence-electron chi connectivity index (χ3n) is 10.5. The van der Waals surface area contributed by atoms with Gasteiger partial charge in [0, 0.05) is 0 Å². The highest BCUT2D eigenvalue weighted by Crippen LogP contribution is 2.71. The van der Waals surface area contributed by atoms with Crippen LogP contribution in [0.5, 0.6) is 0 Å². The van der Waals surface area contributed by atoms with Gasteiger partial charge in [-0.2, -0.15) is 0 Å². The molecule has 0 aromatic carbocycles. The molecule has 1 heteroatoms. The smallest absolute Gasteiger partial charge is 0.0596 e. The van der Waals surface area contributed by atoms with Crippen LogP contribution in [-0.4, -0.2) is 11.2 Å². The average molecular weight is 347 g/mol. The van der Waals surface area contributed by atoms with E-state index in [-0.39, 0.29) is 11.5 Å². The molecule has 144 valence electrons.